The van der Waals surface area contributed by atoms with Crippen LogP contribution in [0.2, 0.25) is 0 Å². The van der Waals surface area contributed by atoms with Crippen LogP contribution in [-0.4, -0.2) is 48.8 Å². The van der Waals surface area contributed by atoms with Gasteiger partial charge in [-0.3, -0.25) is 19.2 Å². The summed E-state index contributed by atoms with van der Waals surface area (Å²) >= 11 is 0. The summed E-state index contributed by atoms with van der Waals surface area (Å²) < 4.78 is 10.9. The zero-order valence-electron chi connectivity index (χ0n) is 25.6. The smallest absolute Gasteiger partial charge is 0.305 e. The van der Waals surface area contributed by atoms with Crippen molar-refractivity contribution in [1.29, 1.82) is 0 Å². The lowest BCUT2D eigenvalue weighted by Crippen LogP contribution is -2.54. The minimum Gasteiger partial charge on any atom is -0.465 e. The lowest BCUT2D eigenvalue weighted by atomic mass is 9.80. The predicted molar refractivity (Wildman–Crippen MR) is 162 cm³/mol. The Morgan fingerprint density at radius 3 is 1.38 bits per heavy atom. The van der Waals surface area contributed by atoms with Gasteiger partial charge in [0.25, 0.3) is 0 Å². The van der Waals surface area contributed by atoms with Crippen molar-refractivity contribution in [3.05, 3.63) is 71.4 Å². The van der Waals surface area contributed by atoms with Crippen molar-refractivity contribution < 1.29 is 28.7 Å². The van der Waals surface area contributed by atoms with Crippen molar-refractivity contribution in [3.63, 3.8) is 0 Å². The van der Waals surface area contributed by atoms with E-state index in [1.807, 2.05) is 41.5 Å². The Kier molecular flexibility index (Phi) is 12.7. The SMILES string of the molecule is CCCC(=O)OCC(C)(C)C1=C(C(=O)[C@@H](N)[C@H](N)C(=O)C2=C(C(C)(C)COC(=O)CCC)C=CC=CN2)NC=CC=C1. The van der Waals surface area contributed by atoms with Gasteiger partial charge in [-0.1, -0.05) is 65.8 Å². The van der Waals surface area contributed by atoms with Gasteiger partial charge >= 0.3 is 11.9 Å². The van der Waals surface area contributed by atoms with Crippen LogP contribution in [0.3, 0.4) is 0 Å². The minimum absolute atomic E-state index is 0.0426. The molecule has 6 N–H and O–H groups in total. The predicted octanol–water partition coefficient (Wildman–Crippen LogP) is 3.37. The van der Waals surface area contributed by atoms with Crippen LogP contribution in [0, 0.1) is 10.8 Å². The van der Waals surface area contributed by atoms with Crippen molar-refractivity contribution in [2.45, 2.75) is 79.3 Å². The molecule has 2 aliphatic heterocycles. The summed E-state index contributed by atoms with van der Waals surface area (Å²) in [6.45, 7) is 11.3. The summed E-state index contributed by atoms with van der Waals surface area (Å²) in [6.07, 6.45) is 15.6. The Labute approximate surface area is 249 Å². The Morgan fingerprint density at radius 2 is 1.05 bits per heavy atom. The Balaban J connectivity index is 2.39. The molecule has 10 heteroatoms. The molecule has 0 amide bonds. The van der Waals surface area contributed by atoms with Crippen LogP contribution in [0.4, 0.5) is 0 Å². The first kappa shape index (κ1) is 34.4. The lowest BCUT2D eigenvalue weighted by molar-refractivity contribution is -0.146. The third-order valence-electron chi connectivity index (χ3n) is 6.97. The van der Waals surface area contributed by atoms with Crippen LogP contribution in [0.5, 0.6) is 0 Å². The van der Waals surface area contributed by atoms with Crippen molar-refractivity contribution in [2.24, 2.45) is 22.3 Å². The summed E-state index contributed by atoms with van der Waals surface area (Å²) in [5.41, 5.74) is 12.7. The van der Waals surface area contributed by atoms with Crippen molar-refractivity contribution in [1.82, 2.24) is 10.6 Å². The highest BCUT2D eigenvalue weighted by molar-refractivity contribution is 6.08. The molecule has 0 radical (unpaired) electrons. The van der Waals surface area contributed by atoms with E-state index < -0.39 is 34.5 Å². The highest BCUT2D eigenvalue weighted by Crippen LogP contribution is 2.33. The Hall–Kier alpha value is -3.76. The molecule has 42 heavy (non-hydrogen) atoms. The van der Waals surface area contributed by atoms with E-state index in [4.69, 9.17) is 20.9 Å². The molecule has 2 atom stereocenters. The summed E-state index contributed by atoms with van der Waals surface area (Å²) in [5, 5.41) is 5.97. The Morgan fingerprint density at radius 1 is 0.690 bits per heavy atom. The number of Topliss-reactive ketones (excluding diaryl/α,β-unsaturated/α-hetero) is 2. The highest BCUT2D eigenvalue weighted by atomic mass is 16.5. The van der Waals surface area contributed by atoms with Gasteiger partial charge in [-0.25, -0.2) is 0 Å². The van der Waals surface area contributed by atoms with E-state index in [-0.39, 0.29) is 36.5 Å². The van der Waals surface area contributed by atoms with E-state index in [2.05, 4.69) is 10.6 Å². The molecule has 2 heterocycles. The average molecular weight is 583 g/mol. The van der Waals surface area contributed by atoms with E-state index in [0.29, 0.717) is 36.8 Å². The zero-order valence-corrected chi connectivity index (χ0v) is 25.6. The first-order chi connectivity index (χ1) is 19.8. The van der Waals surface area contributed by atoms with Crippen molar-refractivity contribution in [2.75, 3.05) is 13.2 Å². The van der Waals surface area contributed by atoms with Gasteiger partial charge in [0.15, 0.2) is 11.6 Å². The van der Waals surface area contributed by atoms with Gasteiger partial charge in [0.2, 0.25) is 0 Å². The van der Waals surface area contributed by atoms with Crippen LogP contribution < -0.4 is 22.1 Å². The number of carbonyl (C=O) groups excluding carboxylic acids is 4. The van der Waals surface area contributed by atoms with E-state index in [1.165, 1.54) is 0 Å². The molecule has 0 aliphatic carbocycles. The maximum atomic E-state index is 13.8. The molecule has 0 spiro atoms. The lowest BCUT2D eigenvalue weighted by Gasteiger charge is -2.30. The van der Waals surface area contributed by atoms with Crippen LogP contribution >= 0.6 is 0 Å². The van der Waals surface area contributed by atoms with Crippen LogP contribution in [-0.2, 0) is 28.7 Å². The normalized spacial score (nSPS) is 16.7. The second-order valence-corrected chi connectivity index (χ2v) is 11.7. The van der Waals surface area contributed by atoms with E-state index >= 15 is 0 Å². The van der Waals surface area contributed by atoms with Crippen LogP contribution in [0.25, 0.3) is 0 Å². The summed E-state index contributed by atoms with van der Waals surface area (Å²) in [6, 6.07) is -2.80. The monoisotopic (exact) mass is 582 g/mol. The number of hydrogen-bond acceptors (Lipinski definition) is 10. The van der Waals surface area contributed by atoms with Crippen LogP contribution in [0.15, 0.2) is 71.4 Å². The van der Waals surface area contributed by atoms with Gasteiger partial charge in [-0.05, 0) is 36.1 Å². The van der Waals surface area contributed by atoms with Gasteiger partial charge in [0.05, 0.1) is 23.5 Å². The van der Waals surface area contributed by atoms with Gasteiger partial charge in [0.1, 0.15) is 13.2 Å². The largest absolute Gasteiger partial charge is 0.465 e. The molecule has 0 aromatic rings. The maximum absolute atomic E-state index is 13.8. The number of ketones is 2. The Bertz CT molecular complexity index is 1130. The summed E-state index contributed by atoms with van der Waals surface area (Å²) in [5.74, 6) is -1.77. The number of nitrogens with two attached hydrogens (primary N) is 2. The fourth-order valence-corrected chi connectivity index (χ4v) is 4.42. The number of ether oxygens (including phenoxy) is 2. The molecule has 0 fully saturated rings. The first-order valence-electron chi connectivity index (χ1n) is 14.4. The van der Waals surface area contributed by atoms with E-state index in [0.717, 1.165) is 0 Å². The van der Waals surface area contributed by atoms with Gasteiger partial charge in [-0.2, -0.15) is 0 Å². The number of carbonyl (C=O) groups is 4. The fourth-order valence-electron chi connectivity index (χ4n) is 4.42. The number of esters is 2. The van der Waals surface area contributed by atoms with Crippen LogP contribution in [0.1, 0.15) is 67.2 Å². The van der Waals surface area contributed by atoms with Gasteiger partial charge < -0.3 is 31.6 Å². The molecule has 0 saturated carbocycles. The van der Waals surface area contributed by atoms with Crippen molar-refractivity contribution >= 4 is 23.5 Å². The maximum Gasteiger partial charge on any atom is 0.305 e. The van der Waals surface area contributed by atoms with Crippen molar-refractivity contribution in [3.8, 4) is 0 Å². The average Bonchev–Trinajstić information content (AvgIpc) is 3.36. The third kappa shape index (κ3) is 9.12. The molecule has 0 unspecified atom stereocenters. The molecule has 0 saturated heterocycles. The van der Waals surface area contributed by atoms with E-state index in [9.17, 15) is 19.2 Å². The van der Waals surface area contributed by atoms with E-state index in [1.54, 1.807) is 48.9 Å². The number of nitrogens with one attached hydrogen (secondary N) is 2. The quantitative estimate of drug-likeness (QED) is 0.211. The number of allylic oxidation sites excluding steroid dienone is 6. The number of hydrogen-bond donors (Lipinski definition) is 4. The summed E-state index contributed by atoms with van der Waals surface area (Å²) in [4.78, 5) is 51.6. The molecule has 10 nitrogen and oxygen atoms in total. The molecular weight excluding hydrogens is 536 g/mol. The molecule has 230 valence electrons. The molecular formula is C32H46N4O6. The molecule has 0 aromatic heterocycles. The van der Waals surface area contributed by atoms with Gasteiger partial charge in [0, 0.05) is 36.1 Å². The standard InChI is InChI=1S/C32H46N4O6/c1-7-13-23(37)41-19-31(3,4)21-15-9-11-17-35-27(21)29(39)25(33)26(34)30(40)28-22(16-10-12-18-36-28)32(5,6)20-42-24(38)14-8-2/h9-12,15-18,25-26,35-36H,7-8,13-14,19-20,33-34H2,1-6H3/t25-,26-/m0/s1. The fraction of sp³-hybridized carbons (Fsp3) is 0.500. The minimum atomic E-state index is -1.40. The molecule has 0 aromatic carbocycles. The highest BCUT2D eigenvalue weighted by Gasteiger charge is 2.38. The topological polar surface area (TPSA) is 163 Å². The summed E-state index contributed by atoms with van der Waals surface area (Å²) in [7, 11) is 0. The van der Waals surface area contributed by atoms with Gasteiger partial charge in [-0.15, -0.1) is 0 Å². The first-order valence-corrected chi connectivity index (χ1v) is 14.4. The second-order valence-electron chi connectivity index (χ2n) is 11.7. The molecule has 2 rings (SSSR count). The second kappa shape index (κ2) is 15.5. The third-order valence-corrected chi connectivity index (χ3v) is 6.97. The number of rotatable bonds is 15. The molecule has 0 bridgehead atoms. The zero-order chi connectivity index (χ0) is 31.5. The molecule has 2 aliphatic rings.